The molecule has 3 saturated carbocycles. The van der Waals surface area contributed by atoms with Crippen LogP contribution in [0.4, 0.5) is 4.79 Å². The molecule has 34 heavy (non-hydrogen) atoms. The van der Waals surface area contributed by atoms with Crippen molar-refractivity contribution < 1.29 is 23.9 Å². The van der Waals surface area contributed by atoms with E-state index >= 15 is 0 Å². The van der Waals surface area contributed by atoms with Crippen LogP contribution in [0.2, 0.25) is 0 Å². The number of ether oxygens (including phenoxy) is 2. The molecule has 0 unspecified atom stereocenters. The molecule has 188 valence electrons. The Morgan fingerprint density at radius 2 is 1.32 bits per heavy atom. The van der Waals surface area contributed by atoms with E-state index in [1.807, 2.05) is 24.3 Å². The van der Waals surface area contributed by atoms with E-state index in [1.54, 1.807) is 0 Å². The topological polar surface area (TPSA) is 81.7 Å². The lowest BCUT2D eigenvalue weighted by Gasteiger charge is -2.30. The maximum atomic E-state index is 11.5. The number of ketones is 2. The van der Waals surface area contributed by atoms with Crippen LogP contribution in [0.3, 0.4) is 0 Å². The first-order valence-corrected chi connectivity index (χ1v) is 13.3. The molecule has 1 aromatic rings. The zero-order chi connectivity index (χ0) is 24.2. The van der Waals surface area contributed by atoms with Gasteiger partial charge in [-0.15, -0.1) is 0 Å². The second kappa shape index (κ2) is 14.2. The number of nitrogens with one attached hydrogen (secondary N) is 1. The number of Topliss-reactive ketones (excluding diaryl/α,β-unsaturated/α-hetero) is 2. The average Bonchev–Trinajstić information content (AvgIpc) is 3.17. The van der Waals surface area contributed by atoms with Gasteiger partial charge in [0.1, 0.15) is 6.61 Å². The van der Waals surface area contributed by atoms with Crippen molar-refractivity contribution in [3.63, 3.8) is 0 Å². The fourth-order valence-electron chi connectivity index (χ4n) is 5.05. The van der Waals surface area contributed by atoms with E-state index in [-0.39, 0.29) is 31.0 Å². The number of hydrogen-bond acceptors (Lipinski definition) is 6. The third kappa shape index (κ3) is 8.86. The summed E-state index contributed by atoms with van der Waals surface area (Å²) in [6, 6.07) is 9.47. The summed E-state index contributed by atoms with van der Waals surface area (Å²) in [4.78, 5) is 34.2. The second-order valence-electron chi connectivity index (χ2n) is 9.87. The normalized spacial score (nSPS) is 20.0. The molecule has 0 saturated heterocycles. The molecule has 0 aromatic heterocycles. The van der Waals surface area contributed by atoms with Crippen LogP contribution in [0, 0.1) is 0 Å². The molecular weight excluding hydrogens is 430 g/mol. The monoisotopic (exact) mass is 471 g/mol. The highest BCUT2D eigenvalue weighted by Crippen LogP contribution is 2.22. The highest BCUT2D eigenvalue weighted by Gasteiger charge is 2.36. The van der Waals surface area contributed by atoms with Gasteiger partial charge in [0.25, 0.3) is 0 Å². The van der Waals surface area contributed by atoms with Gasteiger partial charge in [0.15, 0.2) is 11.6 Å². The molecule has 3 fully saturated rings. The average molecular weight is 472 g/mol. The highest BCUT2D eigenvalue weighted by molar-refractivity contribution is 6.12. The number of carbonyl (C=O) groups excluding carboxylic acids is 3. The summed E-state index contributed by atoms with van der Waals surface area (Å²) in [5.74, 6) is -0.721. The number of rotatable bonds is 7. The number of benzene rings is 1. The number of carbonyl (C=O) groups is 3. The van der Waals surface area contributed by atoms with Crippen LogP contribution in [0.1, 0.15) is 102 Å². The third-order valence-corrected chi connectivity index (χ3v) is 7.02. The molecule has 6 heteroatoms. The molecule has 3 aliphatic rings. The van der Waals surface area contributed by atoms with E-state index in [4.69, 9.17) is 9.47 Å². The summed E-state index contributed by atoms with van der Waals surface area (Å²) in [5, 5.41) is 3.86. The van der Waals surface area contributed by atoms with E-state index in [0.29, 0.717) is 0 Å². The summed E-state index contributed by atoms with van der Waals surface area (Å²) in [6.45, 7) is 2.17. The molecule has 1 aromatic carbocycles. The summed E-state index contributed by atoms with van der Waals surface area (Å²) < 4.78 is 9.68. The Hall–Kier alpha value is -2.21. The molecule has 0 radical (unpaired) electrons. The van der Waals surface area contributed by atoms with Crippen LogP contribution in [0.5, 0.6) is 0 Å². The Kier molecular flexibility index (Phi) is 11.1. The highest BCUT2D eigenvalue weighted by atomic mass is 16.7. The zero-order valence-corrected chi connectivity index (χ0v) is 20.7. The Balaban J connectivity index is 0.000000212. The number of hydrogen-bond donors (Lipinski definition) is 1. The molecule has 1 N–H and O–H groups in total. The number of aryl methyl sites for hydroxylation is 1. The standard InChI is InChI=1S/C16H18O5.C12H23N/c1-2-3-11-4-6-12(7-5-11)10-20-16(19)21-15-13(17)8-9-14(15)18;1-3-7-11(8-4-1)13-12-9-5-2-6-10-12/h4-7,15H,2-3,8-10H2,1H3;11-13H,1-10H2. The van der Waals surface area contributed by atoms with Crippen LogP contribution in [-0.4, -0.2) is 35.9 Å². The first kappa shape index (κ1) is 26.4. The lowest BCUT2D eigenvalue weighted by molar-refractivity contribution is -0.134. The Bertz CT molecular complexity index is 746. The molecule has 0 atom stereocenters. The first-order valence-electron chi connectivity index (χ1n) is 13.3. The summed E-state index contributed by atoms with van der Waals surface area (Å²) in [6.07, 6.45) is 14.7. The summed E-state index contributed by atoms with van der Waals surface area (Å²) in [7, 11) is 0. The molecule has 0 bridgehead atoms. The molecule has 4 rings (SSSR count). The first-order chi connectivity index (χ1) is 16.5. The molecule has 0 heterocycles. The predicted molar refractivity (Wildman–Crippen MR) is 132 cm³/mol. The molecule has 0 spiro atoms. The maximum absolute atomic E-state index is 11.5. The molecule has 0 aliphatic heterocycles. The molecule has 6 nitrogen and oxygen atoms in total. The minimum Gasteiger partial charge on any atom is -0.429 e. The zero-order valence-electron chi connectivity index (χ0n) is 20.7. The van der Waals surface area contributed by atoms with Crippen LogP contribution in [0.25, 0.3) is 0 Å². The van der Waals surface area contributed by atoms with E-state index in [2.05, 4.69) is 12.2 Å². The van der Waals surface area contributed by atoms with Gasteiger partial charge < -0.3 is 14.8 Å². The van der Waals surface area contributed by atoms with Crippen LogP contribution < -0.4 is 5.32 Å². The third-order valence-electron chi connectivity index (χ3n) is 7.02. The van der Waals surface area contributed by atoms with Crippen molar-refractivity contribution in [1.82, 2.24) is 5.32 Å². The maximum Gasteiger partial charge on any atom is 0.509 e. The van der Waals surface area contributed by atoms with Gasteiger partial charge >= 0.3 is 6.16 Å². The lowest BCUT2D eigenvalue weighted by Crippen LogP contribution is -2.40. The molecular formula is C28H41NO5. The Morgan fingerprint density at radius 3 is 1.82 bits per heavy atom. The van der Waals surface area contributed by atoms with Gasteiger partial charge in [0.2, 0.25) is 6.10 Å². The van der Waals surface area contributed by atoms with Crippen molar-refractivity contribution in [3.8, 4) is 0 Å². The van der Waals surface area contributed by atoms with Crippen molar-refractivity contribution in [2.24, 2.45) is 0 Å². The van der Waals surface area contributed by atoms with Gasteiger partial charge in [-0.2, -0.15) is 0 Å². The summed E-state index contributed by atoms with van der Waals surface area (Å²) >= 11 is 0. The van der Waals surface area contributed by atoms with Crippen molar-refractivity contribution in [2.45, 2.75) is 122 Å². The van der Waals surface area contributed by atoms with Crippen LogP contribution in [-0.2, 0) is 32.1 Å². The van der Waals surface area contributed by atoms with Gasteiger partial charge in [-0.25, -0.2) is 4.79 Å². The van der Waals surface area contributed by atoms with Gasteiger partial charge in [-0.1, -0.05) is 76.1 Å². The largest absolute Gasteiger partial charge is 0.509 e. The van der Waals surface area contributed by atoms with Gasteiger partial charge in [0.05, 0.1) is 0 Å². The SMILES string of the molecule is C1CCC(NC2CCCCC2)CC1.CCCc1ccc(COC(=O)OC2C(=O)CCC2=O)cc1. The van der Waals surface area contributed by atoms with Crippen molar-refractivity contribution in [3.05, 3.63) is 35.4 Å². The van der Waals surface area contributed by atoms with Crippen LogP contribution >= 0.6 is 0 Å². The second-order valence-corrected chi connectivity index (χ2v) is 9.87. The summed E-state index contributed by atoms with van der Waals surface area (Å²) in [5.41, 5.74) is 2.06. The molecule has 3 aliphatic carbocycles. The molecule has 0 amide bonds. The van der Waals surface area contributed by atoms with Crippen molar-refractivity contribution in [1.29, 1.82) is 0 Å². The lowest BCUT2D eigenvalue weighted by atomic mass is 9.91. The minimum atomic E-state index is -1.27. The van der Waals surface area contributed by atoms with Gasteiger partial charge in [-0.05, 0) is 43.2 Å². The van der Waals surface area contributed by atoms with Crippen molar-refractivity contribution >= 4 is 17.7 Å². The smallest absolute Gasteiger partial charge is 0.429 e. The fourth-order valence-corrected chi connectivity index (χ4v) is 5.05. The van der Waals surface area contributed by atoms with E-state index in [1.165, 1.54) is 69.8 Å². The van der Waals surface area contributed by atoms with E-state index in [9.17, 15) is 14.4 Å². The predicted octanol–water partition coefficient (Wildman–Crippen LogP) is 5.83. The fraction of sp³-hybridized carbons (Fsp3) is 0.679. The van der Waals surface area contributed by atoms with E-state index in [0.717, 1.165) is 30.5 Å². The van der Waals surface area contributed by atoms with Gasteiger partial charge in [-0.3, -0.25) is 9.59 Å². The quantitative estimate of drug-likeness (QED) is 0.398. The van der Waals surface area contributed by atoms with Crippen LogP contribution in [0.15, 0.2) is 24.3 Å². The van der Waals surface area contributed by atoms with Crippen molar-refractivity contribution in [2.75, 3.05) is 0 Å². The minimum absolute atomic E-state index is 0.0559. The van der Waals surface area contributed by atoms with E-state index < -0.39 is 12.3 Å². The Morgan fingerprint density at radius 1 is 0.824 bits per heavy atom. The Labute approximate surface area is 204 Å². The van der Waals surface area contributed by atoms with Gasteiger partial charge in [0, 0.05) is 24.9 Å².